The van der Waals surface area contributed by atoms with Gasteiger partial charge in [-0.25, -0.2) is 0 Å². The van der Waals surface area contributed by atoms with Crippen molar-refractivity contribution < 1.29 is 4.74 Å². The van der Waals surface area contributed by atoms with Crippen LogP contribution in [0, 0.1) is 0 Å². The zero-order valence-electron chi connectivity index (χ0n) is 15.5. The normalized spacial score (nSPS) is 12.0. The molecule has 0 spiro atoms. The van der Waals surface area contributed by atoms with E-state index in [4.69, 9.17) is 16.3 Å². The summed E-state index contributed by atoms with van der Waals surface area (Å²) < 4.78 is 7.88. The van der Waals surface area contributed by atoms with Crippen LogP contribution in [0.25, 0.3) is 27.5 Å². The third-order valence-electron chi connectivity index (χ3n) is 4.93. The van der Waals surface area contributed by atoms with Crippen LogP contribution in [0.2, 0.25) is 5.02 Å². The predicted octanol–water partition coefficient (Wildman–Crippen LogP) is 6.74. The summed E-state index contributed by atoms with van der Waals surface area (Å²) in [5.41, 5.74) is 4.56. The first kappa shape index (κ1) is 17.0. The number of para-hydroxylation sites is 2. The first-order valence-electron chi connectivity index (χ1n) is 8.78. The topological polar surface area (TPSA) is 14.2 Å². The smallest absolute Gasteiger partial charge is 0.143 e. The van der Waals surface area contributed by atoms with Crippen molar-refractivity contribution in [2.75, 3.05) is 7.11 Å². The quantitative estimate of drug-likeness (QED) is 0.384. The minimum atomic E-state index is 0.120. The molecule has 0 amide bonds. The molecule has 3 aromatic carbocycles. The van der Waals surface area contributed by atoms with Gasteiger partial charge in [-0.3, -0.25) is 0 Å². The number of hydrogen-bond acceptors (Lipinski definition) is 1. The van der Waals surface area contributed by atoms with E-state index in [9.17, 15) is 0 Å². The largest absolute Gasteiger partial charge is 0.495 e. The Morgan fingerprint density at radius 3 is 2.04 bits per heavy atom. The van der Waals surface area contributed by atoms with Crippen molar-refractivity contribution in [3.8, 4) is 11.4 Å². The number of ether oxygens (including phenoxy) is 1. The van der Waals surface area contributed by atoms with E-state index >= 15 is 0 Å². The summed E-state index contributed by atoms with van der Waals surface area (Å²) in [7, 11) is 1.71. The van der Waals surface area contributed by atoms with Gasteiger partial charge < -0.3 is 9.30 Å². The summed E-state index contributed by atoms with van der Waals surface area (Å²) in [6.45, 7) is 6.67. The second-order valence-electron chi connectivity index (χ2n) is 7.62. The van der Waals surface area contributed by atoms with E-state index in [2.05, 4.69) is 61.7 Å². The zero-order valence-corrected chi connectivity index (χ0v) is 16.3. The molecule has 1 aromatic heterocycles. The molecule has 0 unspecified atom stereocenters. The molecule has 0 radical (unpaired) electrons. The van der Waals surface area contributed by atoms with E-state index in [1.54, 1.807) is 7.11 Å². The van der Waals surface area contributed by atoms with E-state index in [-0.39, 0.29) is 5.41 Å². The van der Waals surface area contributed by atoms with Gasteiger partial charge in [-0.1, -0.05) is 68.8 Å². The van der Waals surface area contributed by atoms with Crippen LogP contribution >= 0.6 is 11.6 Å². The van der Waals surface area contributed by atoms with Gasteiger partial charge in [-0.15, -0.1) is 0 Å². The zero-order chi connectivity index (χ0) is 18.5. The summed E-state index contributed by atoms with van der Waals surface area (Å²) in [6, 6.07) is 20.9. The Bertz CT molecular complexity index is 1100. The van der Waals surface area contributed by atoms with Crippen LogP contribution < -0.4 is 4.74 Å². The fraction of sp³-hybridized carbons (Fsp3) is 0.217. The minimum Gasteiger partial charge on any atom is -0.495 e. The molecule has 0 saturated carbocycles. The molecule has 4 rings (SSSR count). The summed E-state index contributed by atoms with van der Waals surface area (Å²) in [5.74, 6) is 0.842. The highest BCUT2D eigenvalue weighted by Gasteiger charge is 2.19. The lowest BCUT2D eigenvalue weighted by atomic mass is 9.87. The van der Waals surface area contributed by atoms with Gasteiger partial charge in [0.1, 0.15) is 5.75 Å². The number of halogens is 1. The maximum Gasteiger partial charge on any atom is 0.143 e. The molecule has 3 heteroatoms. The molecule has 132 valence electrons. The Labute approximate surface area is 159 Å². The Hall–Kier alpha value is -2.45. The average Bonchev–Trinajstić information content (AvgIpc) is 2.97. The molecule has 0 aliphatic heterocycles. The van der Waals surface area contributed by atoms with Crippen molar-refractivity contribution in [1.29, 1.82) is 0 Å². The molecule has 0 bridgehead atoms. The van der Waals surface area contributed by atoms with Crippen molar-refractivity contribution in [2.45, 2.75) is 26.2 Å². The van der Waals surface area contributed by atoms with Gasteiger partial charge >= 0.3 is 0 Å². The number of nitrogens with zero attached hydrogens (tertiary/aromatic N) is 1. The summed E-state index contributed by atoms with van der Waals surface area (Å²) in [4.78, 5) is 0. The molecule has 4 aromatic rings. The first-order valence-corrected chi connectivity index (χ1v) is 9.16. The van der Waals surface area contributed by atoms with Crippen LogP contribution in [0.15, 0.2) is 60.7 Å². The fourth-order valence-corrected chi connectivity index (χ4v) is 3.83. The van der Waals surface area contributed by atoms with Crippen LogP contribution in [0.1, 0.15) is 26.3 Å². The molecule has 0 fully saturated rings. The van der Waals surface area contributed by atoms with Gasteiger partial charge in [0.25, 0.3) is 0 Å². The Morgan fingerprint density at radius 1 is 0.808 bits per heavy atom. The monoisotopic (exact) mass is 363 g/mol. The van der Waals surface area contributed by atoms with Gasteiger partial charge in [-0.2, -0.15) is 0 Å². The van der Waals surface area contributed by atoms with Gasteiger partial charge in [0, 0.05) is 16.5 Å². The number of aromatic nitrogens is 1. The minimum absolute atomic E-state index is 0.120. The number of fused-ring (bicyclic) bond motifs is 3. The lowest BCUT2D eigenvalue weighted by molar-refractivity contribution is 0.418. The van der Waals surface area contributed by atoms with Crippen LogP contribution in [-0.4, -0.2) is 11.7 Å². The molecule has 1 heterocycles. The van der Waals surface area contributed by atoms with Crippen LogP contribution in [0.5, 0.6) is 5.75 Å². The molecule has 0 saturated heterocycles. The second-order valence-corrected chi connectivity index (χ2v) is 8.03. The summed E-state index contributed by atoms with van der Waals surface area (Å²) >= 11 is 6.62. The highest BCUT2D eigenvalue weighted by molar-refractivity contribution is 6.36. The van der Waals surface area contributed by atoms with Crippen molar-refractivity contribution in [1.82, 2.24) is 4.57 Å². The molecular weight excluding hydrogens is 342 g/mol. The van der Waals surface area contributed by atoms with Crippen molar-refractivity contribution in [3.63, 3.8) is 0 Å². The number of benzene rings is 3. The molecule has 26 heavy (non-hydrogen) atoms. The number of methoxy groups -OCH3 is 1. The first-order chi connectivity index (χ1) is 12.4. The molecular formula is C23H22ClNO. The van der Waals surface area contributed by atoms with Gasteiger partial charge in [-0.05, 0) is 35.2 Å². The Kier molecular flexibility index (Phi) is 3.96. The van der Waals surface area contributed by atoms with Crippen LogP contribution in [-0.2, 0) is 5.41 Å². The van der Waals surface area contributed by atoms with E-state index in [1.807, 2.05) is 24.3 Å². The molecule has 0 N–H and O–H groups in total. The second kappa shape index (κ2) is 6.07. The summed E-state index contributed by atoms with van der Waals surface area (Å²) in [6.07, 6.45) is 0. The van der Waals surface area contributed by atoms with Crippen molar-refractivity contribution >= 4 is 33.4 Å². The third-order valence-corrected chi connectivity index (χ3v) is 5.24. The maximum absolute atomic E-state index is 6.62. The van der Waals surface area contributed by atoms with Gasteiger partial charge in [0.2, 0.25) is 0 Å². The highest BCUT2D eigenvalue weighted by atomic mass is 35.5. The van der Waals surface area contributed by atoms with Crippen molar-refractivity contribution in [3.05, 3.63) is 71.2 Å². The molecule has 0 aliphatic rings. The Morgan fingerprint density at radius 2 is 1.42 bits per heavy atom. The van der Waals surface area contributed by atoms with E-state index in [0.29, 0.717) is 0 Å². The van der Waals surface area contributed by atoms with Crippen molar-refractivity contribution in [2.24, 2.45) is 0 Å². The lowest BCUT2D eigenvalue weighted by Crippen LogP contribution is -2.10. The number of rotatable bonds is 2. The van der Waals surface area contributed by atoms with E-state index in [0.717, 1.165) is 38.3 Å². The van der Waals surface area contributed by atoms with Gasteiger partial charge in [0.15, 0.2) is 0 Å². The third kappa shape index (κ3) is 2.57. The van der Waals surface area contributed by atoms with Gasteiger partial charge in [0.05, 0.1) is 23.2 Å². The maximum atomic E-state index is 6.62. The predicted molar refractivity (Wildman–Crippen MR) is 111 cm³/mol. The highest BCUT2D eigenvalue weighted by Crippen LogP contribution is 2.40. The SMILES string of the molecule is COc1cccc2c3cccc(Cl)c3n(-c3ccc(C(C)(C)C)cc3)c12. The van der Waals surface area contributed by atoms with E-state index in [1.165, 1.54) is 5.56 Å². The fourth-order valence-electron chi connectivity index (χ4n) is 3.58. The standard InChI is InChI=1S/C23H22ClNO/c1-23(2,3)15-11-13-16(14-12-15)25-21-17(7-5-9-19(21)24)18-8-6-10-20(26-4)22(18)25/h5-14H,1-4H3. The molecule has 0 atom stereocenters. The summed E-state index contributed by atoms with van der Waals surface area (Å²) in [5, 5.41) is 3.01. The van der Waals surface area contributed by atoms with E-state index < -0.39 is 0 Å². The average molecular weight is 364 g/mol. The number of hydrogen-bond donors (Lipinski definition) is 0. The molecule has 2 nitrogen and oxygen atoms in total. The van der Waals surface area contributed by atoms with Crippen LogP contribution in [0.4, 0.5) is 0 Å². The Balaban J connectivity index is 2.10. The molecule has 0 aliphatic carbocycles. The lowest BCUT2D eigenvalue weighted by Gasteiger charge is -2.20. The van der Waals surface area contributed by atoms with Crippen LogP contribution in [0.3, 0.4) is 0 Å².